The van der Waals surface area contributed by atoms with E-state index >= 15 is 0 Å². The average Bonchev–Trinajstić information content (AvgIpc) is 3.14. The summed E-state index contributed by atoms with van der Waals surface area (Å²) in [6, 6.07) is 14.6. The van der Waals surface area contributed by atoms with Crippen LogP contribution in [-0.4, -0.2) is 57.7 Å². The van der Waals surface area contributed by atoms with Gasteiger partial charge in [-0.15, -0.1) is 0 Å². The van der Waals surface area contributed by atoms with Crippen molar-refractivity contribution in [2.75, 3.05) is 24.6 Å². The quantitative estimate of drug-likeness (QED) is 0.239. The van der Waals surface area contributed by atoms with Crippen LogP contribution in [0.3, 0.4) is 0 Å². The van der Waals surface area contributed by atoms with Crippen LogP contribution < -0.4 is 4.90 Å². The first-order valence-corrected chi connectivity index (χ1v) is 13.2. The number of thioether (sulfide) groups is 1. The fourth-order valence-electron chi connectivity index (χ4n) is 4.64. The van der Waals surface area contributed by atoms with Crippen LogP contribution in [0.25, 0.3) is 0 Å². The van der Waals surface area contributed by atoms with Crippen molar-refractivity contribution in [1.29, 1.82) is 0 Å². The first kappa shape index (κ1) is 26.0. The highest BCUT2D eigenvalue weighted by molar-refractivity contribution is 8.23. The van der Waals surface area contributed by atoms with Crippen molar-refractivity contribution in [2.45, 2.75) is 31.9 Å². The van der Waals surface area contributed by atoms with Crippen molar-refractivity contribution >= 4 is 57.6 Å². The molecule has 2 aromatic rings. The Kier molecular flexibility index (Phi) is 8.21. The maximum atomic E-state index is 13.1. The van der Waals surface area contributed by atoms with Crippen molar-refractivity contribution in [3.8, 4) is 0 Å². The van der Waals surface area contributed by atoms with Gasteiger partial charge in [-0.25, -0.2) is 9.69 Å². The van der Waals surface area contributed by atoms with E-state index in [2.05, 4.69) is 18.7 Å². The number of rotatable bonds is 6. The summed E-state index contributed by atoms with van der Waals surface area (Å²) in [5.41, 5.74) is 1.07. The number of thiocarbonyl (C=S) groups is 1. The third kappa shape index (κ3) is 6.02. The number of hydrogen-bond donors (Lipinski definition) is 0. The molecule has 9 heteroatoms. The molecule has 7 nitrogen and oxygen atoms in total. The van der Waals surface area contributed by atoms with Crippen molar-refractivity contribution < 1.29 is 23.9 Å². The molecule has 2 aliphatic heterocycles. The Bertz CT molecular complexity index is 1160. The van der Waals surface area contributed by atoms with E-state index in [4.69, 9.17) is 17.0 Å². The fraction of sp³-hybridized carbons (Fsp3) is 0.370. The van der Waals surface area contributed by atoms with Gasteiger partial charge in [0.15, 0.2) is 12.4 Å². The lowest BCUT2D eigenvalue weighted by Gasteiger charge is -2.36. The molecule has 2 aromatic carbocycles. The Morgan fingerprint density at radius 2 is 1.61 bits per heavy atom. The van der Waals surface area contributed by atoms with Crippen molar-refractivity contribution in [3.63, 3.8) is 0 Å². The van der Waals surface area contributed by atoms with Crippen LogP contribution in [0.15, 0.2) is 54.6 Å². The normalized spacial score (nSPS) is 22.0. The predicted octanol–water partition coefficient (Wildman–Crippen LogP) is 4.35. The van der Waals surface area contributed by atoms with E-state index in [1.807, 2.05) is 0 Å². The smallest absolute Gasteiger partial charge is 0.338 e. The molecule has 0 saturated carbocycles. The van der Waals surface area contributed by atoms with Gasteiger partial charge in [-0.1, -0.05) is 68.2 Å². The zero-order valence-electron chi connectivity index (χ0n) is 20.2. The van der Waals surface area contributed by atoms with E-state index in [1.165, 1.54) is 36.0 Å². The highest BCUT2D eigenvalue weighted by Crippen LogP contribution is 2.33. The summed E-state index contributed by atoms with van der Waals surface area (Å²) >= 11 is 6.90. The zero-order chi connectivity index (χ0) is 25.8. The molecule has 0 aliphatic carbocycles. The summed E-state index contributed by atoms with van der Waals surface area (Å²) in [6.07, 6.45) is 1.24. The van der Waals surface area contributed by atoms with Gasteiger partial charge in [0.05, 0.1) is 11.3 Å². The van der Waals surface area contributed by atoms with Crippen molar-refractivity contribution in [3.05, 3.63) is 65.7 Å². The lowest BCUT2D eigenvalue weighted by atomic mass is 9.92. The summed E-state index contributed by atoms with van der Waals surface area (Å²) in [7, 11) is 0. The Labute approximate surface area is 220 Å². The molecular formula is C27H28N2O5S2. The Hall–Kier alpha value is -3.04. The topological polar surface area (TPSA) is 84.0 Å². The second-order valence-electron chi connectivity index (χ2n) is 9.41. The highest BCUT2D eigenvalue weighted by atomic mass is 32.2. The number of ether oxygens (including phenoxy) is 1. The lowest BCUT2D eigenvalue weighted by Crippen LogP contribution is -2.41. The number of anilines is 1. The van der Waals surface area contributed by atoms with Gasteiger partial charge in [-0.05, 0) is 42.5 Å². The predicted molar refractivity (Wildman–Crippen MR) is 143 cm³/mol. The van der Waals surface area contributed by atoms with Gasteiger partial charge < -0.3 is 9.64 Å². The summed E-state index contributed by atoms with van der Waals surface area (Å²) in [5, 5.41) is -0.564. The van der Waals surface area contributed by atoms with Gasteiger partial charge in [0.1, 0.15) is 9.57 Å². The number of carbonyl (C=O) groups excluding carboxylic acids is 4. The Morgan fingerprint density at radius 3 is 2.25 bits per heavy atom. The van der Waals surface area contributed by atoms with E-state index in [-0.39, 0.29) is 36.2 Å². The van der Waals surface area contributed by atoms with Crippen molar-refractivity contribution in [1.82, 2.24) is 4.90 Å². The van der Waals surface area contributed by atoms with Crippen LogP contribution in [0.4, 0.5) is 5.69 Å². The number of amides is 2. The monoisotopic (exact) mass is 524 g/mol. The highest BCUT2D eigenvalue weighted by Gasteiger charge is 2.41. The number of likely N-dealkylation sites (tertiary alicyclic amines) is 1. The molecular weight excluding hydrogens is 496 g/mol. The van der Waals surface area contributed by atoms with E-state index in [1.54, 1.807) is 30.3 Å². The van der Waals surface area contributed by atoms with Gasteiger partial charge in [-0.2, -0.15) is 0 Å². The molecule has 2 heterocycles. The van der Waals surface area contributed by atoms with E-state index in [9.17, 15) is 19.2 Å². The first-order valence-electron chi connectivity index (χ1n) is 11.9. The van der Waals surface area contributed by atoms with E-state index < -0.39 is 11.2 Å². The van der Waals surface area contributed by atoms with Crippen LogP contribution >= 0.6 is 24.0 Å². The SMILES string of the molecule is C[C@H]1C[C@H](C)CN(C(=S)S[C@@H]2CC(=O)N(c3ccc(C(=O)OCC(=O)c4ccccc4)cc3)C2=O)C1. The maximum Gasteiger partial charge on any atom is 0.338 e. The second kappa shape index (κ2) is 11.3. The van der Waals surface area contributed by atoms with Crippen LogP contribution in [0.5, 0.6) is 0 Å². The number of ketones is 1. The van der Waals surface area contributed by atoms with Crippen LogP contribution in [0.2, 0.25) is 0 Å². The van der Waals surface area contributed by atoms with Crippen molar-refractivity contribution in [2.24, 2.45) is 11.8 Å². The number of imide groups is 1. The van der Waals surface area contributed by atoms with Gasteiger partial charge in [0.25, 0.3) is 0 Å². The molecule has 0 N–H and O–H groups in total. The number of Topliss-reactive ketones (excluding diaryl/α,β-unsaturated/α-hetero) is 1. The summed E-state index contributed by atoms with van der Waals surface area (Å²) in [4.78, 5) is 53.6. The molecule has 0 radical (unpaired) electrons. The van der Waals surface area contributed by atoms with Crippen LogP contribution in [-0.2, 0) is 14.3 Å². The average molecular weight is 525 g/mol. The van der Waals surface area contributed by atoms with Gasteiger partial charge in [-0.3, -0.25) is 14.4 Å². The first-order chi connectivity index (χ1) is 17.2. The molecule has 4 rings (SSSR count). The molecule has 3 atom stereocenters. The summed E-state index contributed by atoms with van der Waals surface area (Å²) < 4.78 is 5.78. The molecule has 2 amide bonds. The van der Waals surface area contributed by atoms with Crippen LogP contribution in [0, 0.1) is 11.8 Å². The number of hydrogen-bond acceptors (Lipinski definition) is 7. The number of carbonyl (C=O) groups is 4. The minimum absolute atomic E-state index is 0.0774. The number of nitrogens with zero attached hydrogens (tertiary/aromatic N) is 2. The Morgan fingerprint density at radius 1 is 0.972 bits per heavy atom. The number of benzene rings is 2. The lowest BCUT2D eigenvalue weighted by molar-refractivity contribution is -0.121. The molecule has 188 valence electrons. The molecule has 0 bridgehead atoms. The van der Waals surface area contributed by atoms with Gasteiger partial charge in [0, 0.05) is 25.1 Å². The third-order valence-corrected chi connectivity index (χ3v) is 7.93. The largest absolute Gasteiger partial charge is 0.454 e. The second-order valence-corrected chi connectivity index (χ2v) is 11.2. The standard InChI is InChI=1S/C27H28N2O5S2/c1-17-12-18(2)15-28(14-17)27(35)36-23-13-24(31)29(25(23)32)21-10-8-20(9-11-21)26(33)34-16-22(30)19-6-4-3-5-7-19/h3-11,17-18,23H,12-16H2,1-2H3/t17-,18-,23+/m0/s1. The number of esters is 1. The molecule has 0 aromatic heterocycles. The third-order valence-electron chi connectivity index (χ3n) is 6.27. The van der Waals surface area contributed by atoms with Gasteiger partial charge >= 0.3 is 5.97 Å². The molecule has 2 fully saturated rings. The minimum atomic E-state index is -0.659. The van der Waals surface area contributed by atoms with E-state index in [0.717, 1.165) is 24.4 Å². The zero-order valence-corrected chi connectivity index (χ0v) is 21.8. The fourth-order valence-corrected chi connectivity index (χ4v) is 6.12. The molecule has 0 spiro atoms. The Balaban J connectivity index is 1.35. The summed E-state index contributed by atoms with van der Waals surface area (Å²) in [5.74, 6) is -0.506. The van der Waals surface area contributed by atoms with Crippen LogP contribution in [0.1, 0.15) is 47.4 Å². The molecule has 2 saturated heterocycles. The van der Waals surface area contributed by atoms with E-state index in [0.29, 0.717) is 27.4 Å². The maximum absolute atomic E-state index is 13.1. The van der Waals surface area contributed by atoms with Gasteiger partial charge in [0.2, 0.25) is 11.8 Å². The molecule has 36 heavy (non-hydrogen) atoms. The summed E-state index contributed by atoms with van der Waals surface area (Å²) in [6.45, 7) is 5.75. The minimum Gasteiger partial charge on any atom is -0.454 e. The molecule has 0 unspecified atom stereocenters. The number of piperidine rings is 1. The molecule has 2 aliphatic rings.